The van der Waals surface area contributed by atoms with E-state index in [1.54, 1.807) is 7.11 Å². The summed E-state index contributed by atoms with van der Waals surface area (Å²) in [6.07, 6.45) is 3.24. The van der Waals surface area contributed by atoms with Crippen LogP contribution in [0.4, 0.5) is 5.69 Å². The van der Waals surface area contributed by atoms with Crippen LogP contribution in [0.2, 0.25) is 0 Å². The Hall–Kier alpha value is -2.05. The predicted molar refractivity (Wildman–Crippen MR) is 102 cm³/mol. The highest BCUT2D eigenvalue weighted by atomic mass is 16.5. The lowest BCUT2D eigenvalue weighted by atomic mass is 10.1. The van der Waals surface area contributed by atoms with Gasteiger partial charge in [-0.2, -0.15) is 0 Å². The van der Waals surface area contributed by atoms with E-state index in [2.05, 4.69) is 19.2 Å². The summed E-state index contributed by atoms with van der Waals surface area (Å²) < 4.78 is 16.6. The normalized spacial score (nSPS) is 13.3. The molecule has 1 aromatic heterocycles. The number of pyridine rings is 1. The zero-order valence-corrected chi connectivity index (χ0v) is 15.8. The number of nitrogens with zero attached hydrogens (tertiary/aromatic N) is 1. The first-order chi connectivity index (χ1) is 12.6. The molecule has 0 spiro atoms. The average molecular weight is 360 g/mol. The van der Waals surface area contributed by atoms with Crippen molar-refractivity contribution in [2.45, 2.75) is 39.2 Å². The van der Waals surface area contributed by atoms with Gasteiger partial charge in [-0.05, 0) is 44.7 Å². The molecule has 0 radical (unpaired) electrons. The molecule has 0 aliphatic heterocycles. The maximum atomic E-state index is 8.75. The van der Waals surface area contributed by atoms with Gasteiger partial charge < -0.3 is 24.6 Å². The summed E-state index contributed by atoms with van der Waals surface area (Å²) in [5.41, 5.74) is 4.61. The minimum Gasteiger partial charge on any atom is -0.493 e. The standard InChI is InChI=1S/C20H28N2O4/c1-13(2)21-20-14-5-4-6-16(14)22-17-12-19(18(24-3)11-15(17)20)26-10-9-25-8-7-23/h11-13,23H,4-10H2,1-3H3,(H,21,22). The number of ether oxygens (including phenoxy) is 3. The maximum Gasteiger partial charge on any atom is 0.163 e. The van der Waals surface area contributed by atoms with Crippen LogP contribution in [-0.2, 0) is 17.6 Å². The van der Waals surface area contributed by atoms with E-state index < -0.39 is 0 Å². The number of methoxy groups -OCH3 is 1. The van der Waals surface area contributed by atoms with Crippen molar-refractivity contribution in [3.05, 3.63) is 23.4 Å². The number of rotatable bonds is 9. The average Bonchev–Trinajstić information content (AvgIpc) is 3.08. The van der Waals surface area contributed by atoms with Crippen LogP contribution in [0.3, 0.4) is 0 Å². The predicted octanol–water partition coefficient (Wildman–Crippen LogP) is 2.94. The highest BCUT2D eigenvalue weighted by molar-refractivity contribution is 5.96. The number of aliphatic hydroxyl groups is 1. The molecule has 6 nitrogen and oxygen atoms in total. The molecule has 0 atom stereocenters. The molecule has 0 fully saturated rings. The lowest BCUT2D eigenvalue weighted by molar-refractivity contribution is 0.0699. The van der Waals surface area contributed by atoms with Gasteiger partial charge in [0.2, 0.25) is 0 Å². The summed E-state index contributed by atoms with van der Waals surface area (Å²) in [4.78, 5) is 4.88. The van der Waals surface area contributed by atoms with Crippen LogP contribution in [-0.4, -0.2) is 49.7 Å². The molecular formula is C20H28N2O4. The second-order valence-corrected chi connectivity index (χ2v) is 6.77. The molecule has 0 saturated carbocycles. The van der Waals surface area contributed by atoms with E-state index in [0.29, 0.717) is 37.4 Å². The highest BCUT2D eigenvalue weighted by Gasteiger charge is 2.21. The van der Waals surface area contributed by atoms with Crippen LogP contribution in [0.1, 0.15) is 31.5 Å². The molecule has 3 rings (SSSR count). The first-order valence-corrected chi connectivity index (χ1v) is 9.25. The molecule has 6 heteroatoms. The maximum absolute atomic E-state index is 8.75. The second kappa shape index (κ2) is 8.56. The van der Waals surface area contributed by atoms with Crippen molar-refractivity contribution in [3.8, 4) is 11.5 Å². The largest absolute Gasteiger partial charge is 0.493 e. The molecule has 0 bridgehead atoms. The van der Waals surface area contributed by atoms with E-state index >= 15 is 0 Å². The number of nitrogens with one attached hydrogen (secondary N) is 1. The fraction of sp³-hybridized carbons (Fsp3) is 0.550. The lowest BCUT2D eigenvalue weighted by Gasteiger charge is -2.19. The van der Waals surface area contributed by atoms with Gasteiger partial charge >= 0.3 is 0 Å². The summed E-state index contributed by atoms with van der Waals surface area (Å²) in [5.74, 6) is 1.35. The molecule has 142 valence electrons. The van der Waals surface area contributed by atoms with Crippen LogP contribution < -0.4 is 14.8 Å². The van der Waals surface area contributed by atoms with Gasteiger partial charge in [0.15, 0.2) is 11.5 Å². The summed E-state index contributed by atoms with van der Waals surface area (Å²) in [7, 11) is 1.65. The van der Waals surface area contributed by atoms with E-state index in [1.165, 1.54) is 16.9 Å². The Morgan fingerprint density at radius 2 is 2.00 bits per heavy atom. The van der Waals surface area contributed by atoms with Crippen LogP contribution in [0.25, 0.3) is 10.9 Å². The van der Waals surface area contributed by atoms with Gasteiger partial charge in [0.25, 0.3) is 0 Å². The molecule has 0 saturated heterocycles. The number of benzene rings is 1. The van der Waals surface area contributed by atoms with Gasteiger partial charge in [-0.1, -0.05) is 0 Å². The van der Waals surface area contributed by atoms with Crippen molar-refractivity contribution in [3.63, 3.8) is 0 Å². The van der Waals surface area contributed by atoms with Crippen molar-refractivity contribution in [2.24, 2.45) is 0 Å². The Labute approximate surface area is 154 Å². The fourth-order valence-corrected chi connectivity index (χ4v) is 3.37. The first kappa shape index (κ1) is 18.7. The van der Waals surface area contributed by atoms with Gasteiger partial charge in [-0.3, -0.25) is 4.98 Å². The molecular weight excluding hydrogens is 332 g/mol. The number of aryl methyl sites for hydroxylation is 1. The van der Waals surface area contributed by atoms with Gasteiger partial charge in [0, 0.05) is 28.9 Å². The van der Waals surface area contributed by atoms with E-state index in [0.717, 1.165) is 30.2 Å². The number of fused-ring (bicyclic) bond motifs is 2. The third-order valence-corrected chi connectivity index (χ3v) is 4.45. The molecule has 1 heterocycles. The minimum absolute atomic E-state index is 0.0138. The van der Waals surface area contributed by atoms with Crippen molar-refractivity contribution < 1.29 is 19.3 Å². The summed E-state index contributed by atoms with van der Waals surface area (Å²) in [6.45, 7) is 5.43. The van der Waals surface area contributed by atoms with Crippen molar-refractivity contribution in [1.82, 2.24) is 4.98 Å². The number of hydrogen-bond acceptors (Lipinski definition) is 6. The number of aliphatic hydroxyl groups excluding tert-OH is 1. The van der Waals surface area contributed by atoms with E-state index in [1.807, 2.05) is 12.1 Å². The SMILES string of the molecule is COc1cc2c(NC(C)C)c3c(nc2cc1OCCOCCO)CCC3. The van der Waals surface area contributed by atoms with Crippen LogP contribution in [0.5, 0.6) is 11.5 Å². The second-order valence-electron chi connectivity index (χ2n) is 6.77. The molecule has 2 N–H and O–H groups in total. The van der Waals surface area contributed by atoms with Gasteiger partial charge in [0.1, 0.15) is 6.61 Å². The highest BCUT2D eigenvalue weighted by Crippen LogP contribution is 2.39. The Kier molecular flexibility index (Phi) is 6.16. The van der Waals surface area contributed by atoms with Crippen LogP contribution in [0, 0.1) is 0 Å². The monoisotopic (exact) mass is 360 g/mol. The van der Waals surface area contributed by atoms with E-state index in [9.17, 15) is 0 Å². The number of hydrogen-bond donors (Lipinski definition) is 2. The fourth-order valence-electron chi connectivity index (χ4n) is 3.37. The minimum atomic E-state index is 0.0138. The molecule has 26 heavy (non-hydrogen) atoms. The Morgan fingerprint density at radius 3 is 2.73 bits per heavy atom. The van der Waals surface area contributed by atoms with Crippen LogP contribution in [0.15, 0.2) is 12.1 Å². The molecule has 0 amide bonds. The zero-order valence-electron chi connectivity index (χ0n) is 15.8. The molecule has 2 aromatic rings. The van der Waals surface area contributed by atoms with Gasteiger partial charge in [-0.25, -0.2) is 0 Å². The molecule has 1 aliphatic carbocycles. The Morgan fingerprint density at radius 1 is 1.15 bits per heavy atom. The first-order valence-electron chi connectivity index (χ1n) is 9.25. The van der Waals surface area contributed by atoms with Gasteiger partial charge in [-0.15, -0.1) is 0 Å². The van der Waals surface area contributed by atoms with E-state index in [4.69, 9.17) is 24.3 Å². The smallest absolute Gasteiger partial charge is 0.163 e. The van der Waals surface area contributed by atoms with Crippen molar-refractivity contribution >= 4 is 16.6 Å². The molecule has 0 unspecified atom stereocenters. The van der Waals surface area contributed by atoms with Crippen molar-refractivity contribution in [2.75, 3.05) is 38.9 Å². The summed E-state index contributed by atoms with van der Waals surface area (Å²) in [6, 6.07) is 4.30. The number of anilines is 1. The zero-order chi connectivity index (χ0) is 18.5. The molecule has 1 aromatic carbocycles. The molecule has 1 aliphatic rings. The lowest BCUT2D eigenvalue weighted by Crippen LogP contribution is -2.13. The third-order valence-electron chi connectivity index (χ3n) is 4.45. The number of aromatic nitrogens is 1. The van der Waals surface area contributed by atoms with Crippen LogP contribution >= 0.6 is 0 Å². The van der Waals surface area contributed by atoms with Crippen molar-refractivity contribution in [1.29, 1.82) is 0 Å². The topological polar surface area (TPSA) is 72.8 Å². The third kappa shape index (κ3) is 4.02. The Bertz CT molecular complexity index is 761. The van der Waals surface area contributed by atoms with Gasteiger partial charge in [0.05, 0.1) is 32.4 Å². The Balaban J connectivity index is 1.95. The summed E-state index contributed by atoms with van der Waals surface area (Å²) in [5, 5.41) is 13.4. The quantitative estimate of drug-likeness (QED) is 0.670. The van der Waals surface area contributed by atoms with E-state index in [-0.39, 0.29) is 6.61 Å². The summed E-state index contributed by atoms with van der Waals surface area (Å²) >= 11 is 0.